The van der Waals surface area contributed by atoms with Gasteiger partial charge >= 0.3 is 0 Å². The average Bonchev–Trinajstić information content (AvgIpc) is 3.63. The minimum absolute atomic E-state index is 0.498. The lowest BCUT2D eigenvalue weighted by Gasteiger charge is -2.35. The Bertz CT molecular complexity index is 3060. The summed E-state index contributed by atoms with van der Waals surface area (Å²) in [4.78, 5) is 2.42. The molecular weight excluding hydrogens is 723 g/mol. The highest BCUT2D eigenvalue weighted by molar-refractivity contribution is 6.00. The molecule has 0 aliphatic heterocycles. The van der Waals surface area contributed by atoms with E-state index in [1.807, 2.05) is 0 Å². The number of benzene rings is 10. The molecular formula is C59H41N. The molecule has 10 aromatic carbocycles. The van der Waals surface area contributed by atoms with Crippen LogP contribution < -0.4 is 4.90 Å². The van der Waals surface area contributed by atoms with E-state index in [4.69, 9.17) is 0 Å². The van der Waals surface area contributed by atoms with E-state index >= 15 is 0 Å². The summed E-state index contributed by atoms with van der Waals surface area (Å²) in [6.07, 6.45) is 0. The van der Waals surface area contributed by atoms with E-state index in [1.54, 1.807) is 0 Å². The molecule has 0 N–H and O–H groups in total. The number of hydrogen-bond donors (Lipinski definition) is 0. The first kappa shape index (κ1) is 35.4. The number of rotatable bonds is 8. The van der Waals surface area contributed by atoms with Crippen molar-refractivity contribution in [1.29, 1.82) is 0 Å². The zero-order valence-electron chi connectivity index (χ0n) is 33.1. The van der Waals surface area contributed by atoms with Crippen LogP contribution in [-0.2, 0) is 5.41 Å². The van der Waals surface area contributed by atoms with Gasteiger partial charge in [0.15, 0.2) is 0 Å². The topological polar surface area (TPSA) is 3.24 Å². The molecule has 11 rings (SSSR count). The molecule has 0 aromatic heterocycles. The number of nitrogens with zero attached hydrogens (tertiary/aromatic N) is 1. The molecule has 282 valence electrons. The average molecular weight is 764 g/mol. The quantitative estimate of drug-likeness (QED) is 0.149. The molecule has 0 radical (unpaired) electrons. The van der Waals surface area contributed by atoms with Gasteiger partial charge in [0.05, 0.1) is 5.41 Å². The van der Waals surface area contributed by atoms with E-state index < -0.39 is 5.41 Å². The summed E-state index contributed by atoms with van der Waals surface area (Å²) >= 11 is 0. The second-order valence-electron chi connectivity index (χ2n) is 15.7. The smallest absolute Gasteiger partial charge is 0.0714 e. The summed E-state index contributed by atoms with van der Waals surface area (Å²) in [5.41, 5.74) is 17.7. The Balaban J connectivity index is 1.10. The number of hydrogen-bond acceptors (Lipinski definition) is 1. The predicted octanol–water partition coefficient (Wildman–Crippen LogP) is 15.7. The summed E-state index contributed by atoms with van der Waals surface area (Å²) < 4.78 is 0. The van der Waals surface area contributed by atoms with Crippen LogP contribution in [0.4, 0.5) is 17.1 Å². The molecule has 0 amide bonds. The van der Waals surface area contributed by atoms with Crippen LogP contribution in [0, 0.1) is 0 Å². The van der Waals surface area contributed by atoms with Crippen molar-refractivity contribution in [2.24, 2.45) is 0 Å². The molecule has 1 aliphatic carbocycles. The molecule has 1 aliphatic rings. The van der Waals surface area contributed by atoms with Crippen molar-refractivity contribution in [3.8, 4) is 44.5 Å². The van der Waals surface area contributed by atoms with Gasteiger partial charge in [-0.15, -0.1) is 0 Å². The van der Waals surface area contributed by atoms with E-state index in [1.165, 1.54) is 77.5 Å². The third-order valence-electron chi connectivity index (χ3n) is 12.3. The largest absolute Gasteiger partial charge is 0.310 e. The lowest BCUT2D eigenvalue weighted by atomic mass is 9.67. The zero-order valence-corrected chi connectivity index (χ0v) is 33.1. The molecule has 0 saturated heterocycles. The molecule has 0 atom stereocenters. The summed E-state index contributed by atoms with van der Waals surface area (Å²) in [5, 5.41) is 2.48. The van der Waals surface area contributed by atoms with E-state index in [-0.39, 0.29) is 0 Å². The molecule has 0 bridgehead atoms. The Morgan fingerprint density at radius 1 is 0.267 bits per heavy atom. The molecule has 0 unspecified atom stereocenters. The van der Waals surface area contributed by atoms with Gasteiger partial charge in [0.2, 0.25) is 0 Å². The van der Waals surface area contributed by atoms with Crippen LogP contribution in [0.5, 0.6) is 0 Å². The van der Waals surface area contributed by atoms with Gasteiger partial charge in [0, 0.05) is 17.1 Å². The first-order valence-electron chi connectivity index (χ1n) is 20.8. The maximum absolute atomic E-state index is 2.45. The highest BCUT2D eigenvalue weighted by atomic mass is 15.1. The monoisotopic (exact) mass is 763 g/mol. The van der Waals surface area contributed by atoms with E-state index in [9.17, 15) is 0 Å². The number of fused-ring (bicyclic) bond motifs is 4. The molecule has 0 heterocycles. The lowest BCUT2D eigenvalue weighted by Crippen LogP contribution is -2.28. The molecule has 1 heteroatoms. The van der Waals surface area contributed by atoms with Gasteiger partial charge < -0.3 is 4.90 Å². The van der Waals surface area contributed by atoms with E-state index in [2.05, 4.69) is 254 Å². The van der Waals surface area contributed by atoms with Crippen LogP contribution in [0.2, 0.25) is 0 Å². The normalized spacial score (nSPS) is 12.5. The van der Waals surface area contributed by atoms with Gasteiger partial charge in [0.25, 0.3) is 0 Å². The highest BCUT2D eigenvalue weighted by Crippen LogP contribution is 2.57. The fraction of sp³-hybridized carbons (Fsp3) is 0.0169. The summed E-state index contributed by atoms with van der Waals surface area (Å²) in [6, 6.07) is 91.0. The van der Waals surface area contributed by atoms with Crippen molar-refractivity contribution in [3.63, 3.8) is 0 Å². The summed E-state index contributed by atoms with van der Waals surface area (Å²) in [6.45, 7) is 0. The second-order valence-corrected chi connectivity index (χ2v) is 15.7. The van der Waals surface area contributed by atoms with Crippen LogP contribution in [0.25, 0.3) is 55.3 Å². The summed E-state index contributed by atoms with van der Waals surface area (Å²) in [7, 11) is 0. The van der Waals surface area contributed by atoms with Crippen molar-refractivity contribution in [2.45, 2.75) is 5.41 Å². The highest BCUT2D eigenvalue weighted by Gasteiger charge is 2.46. The van der Waals surface area contributed by atoms with Gasteiger partial charge in [-0.3, -0.25) is 0 Å². The van der Waals surface area contributed by atoms with E-state index in [0.29, 0.717) is 0 Å². The lowest BCUT2D eigenvalue weighted by molar-refractivity contribution is 0.768. The first-order chi connectivity index (χ1) is 29.8. The second kappa shape index (κ2) is 14.9. The van der Waals surface area contributed by atoms with Gasteiger partial charge in [-0.25, -0.2) is 0 Å². The van der Waals surface area contributed by atoms with Crippen LogP contribution in [0.1, 0.15) is 22.3 Å². The zero-order chi connectivity index (χ0) is 39.9. The predicted molar refractivity (Wildman–Crippen MR) is 252 cm³/mol. The molecule has 0 fully saturated rings. The molecule has 1 nitrogen and oxygen atoms in total. The van der Waals surface area contributed by atoms with Crippen LogP contribution in [0.15, 0.2) is 249 Å². The van der Waals surface area contributed by atoms with Gasteiger partial charge in [-0.05, 0) is 126 Å². The van der Waals surface area contributed by atoms with Gasteiger partial charge in [-0.1, -0.05) is 200 Å². The Kier molecular flexibility index (Phi) is 8.79. The van der Waals surface area contributed by atoms with Gasteiger partial charge in [-0.2, -0.15) is 0 Å². The van der Waals surface area contributed by atoms with Crippen LogP contribution in [0.3, 0.4) is 0 Å². The number of anilines is 3. The third-order valence-corrected chi connectivity index (χ3v) is 12.3. The van der Waals surface area contributed by atoms with Crippen molar-refractivity contribution < 1.29 is 0 Å². The Morgan fingerprint density at radius 2 is 0.733 bits per heavy atom. The third kappa shape index (κ3) is 5.94. The Hall–Kier alpha value is -7.74. The van der Waals surface area contributed by atoms with E-state index in [0.717, 1.165) is 17.1 Å². The van der Waals surface area contributed by atoms with Gasteiger partial charge in [0.1, 0.15) is 0 Å². The fourth-order valence-corrected chi connectivity index (χ4v) is 9.59. The summed E-state index contributed by atoms with van der Waals surface area (Å²) in [5.74, 6) is 0. The molecule has 60 heavy (non-hydrogen) atoms. The van der Waals surface area contributed by atoms with Crippen molar-refractivity contribution >= 4 is 27.8 Å². The van der Waals surface area contributed by atoms with Crippen molar-refractivity contribution in [2.75, 3.05) is 4.90 Å². The van der Waals surface area contributed by atoms with Crippen molar-refractivity contribution in [1.82, 2.24) is 0 Å². The van der Waals surface area contributed by atoms with Crippen LogP contribution in [-0.4, -0.2) is 0 Å². The fourth-order valence-electron chi connectivity index (χ4n) is 9.59. The Labute approximate surface area is 352 Å². The molecule has 0 saturated carbocycles. The Morgan fingerprint density at radius 3 is 1.37 bits per heavy atom. The first-order valence-corrected chi connectivity index (χ1v) is 20.8. The van der Waals surface area contributed by atoms with Crippen LogP contribution >= 0.6 is 0 Å². The SMILES string of the molecule is c1ccc(-c2ccc(N(c3ccc(-c4cc(-c5ccccc5)cc5ccccc45)cc3)c3ccc4c(c3)C(c3ccccc3)(c3ccccc3)c3ccccc3-4)cc2)cc1. The standard InChI is InChI=1S/C59H41N/c1-5-17-42(18-6-1)44-29-33-50(34-30-44)60(51-35-31-45(32-36-51)56-40-47(43-19-7-2-8-20-43)39-46-21-13-14-26-53(46)56)52-37-38-55-54-27-15-16-28-57(54)59(58(55)41-52,48-22-9-3-10-23-48)49-24-11-4-12-25-49/h1-41H. The minimum Gasteiger partial charge on any atom is -0.310 e. The molecule has 10 aromatic rings. The maximum Gasteiger partial charge on any atom is 0.0714 e. The maximum atomic E-state index is 2.45. The minimum atomic E-state index is -0.498. The molecule has 0 spiro atoms. The van der Waals surface area contributed by atoms with Crippen molar-refractivity contribution in [3.05, 3.63) is 271 Å².